The van der Waals surface area contributed by atoms with Gasteiger partial charge in [-0.3, -0.25) is 5.32 Å². The third kappa shape index (κ3) is 2.70. The largest absolute Gasteiger partial charge is 0.491 e. The lowest BCUT2D eigenvalue weighted by Gasteiger charge is -2.10. The Morgan fingerprint density at radius 2 is 2.05 bits per heavy atom. The first-order chi connectivity index (χ1) is 9.72. The minimum atomic E-state index is -0.573. The van der Waals surface area contributed by atoms with E-state index < -0.39 is 6.09 Å². The number of carbonyl (C=O) groups is 1. The number of hydrogen-bond donors (Lipinski definition) is 1. The molecule has 1 amide bonds. The fourth-order valence-corrected chi connectivity index (χ4v) is 2.33. The smallest absolute Gasteiger partial charge is 0.417 e. The van der Waals surface area contributed by atoms with Gasteiger partial charge < -0.3 is 9.47 Å². The molecule has 0 aromatic heterocycles. The van der Waals surface area contributed by atoms with Crippen LogP contribution in [0.5, 0.6) is 11.5 Å². The van der Waals surface area contributed by atoms with Crippen LogP contribution in [-0.2, 0) is 6.42 Å². The highest BCUT2D eigenvalue weighted by Gasteiger charge is 2.19. The van der Waals surface area contributed by atoms with Gasteiger partial charge in [0.1, 0.15) is 11.5 Å². The van der Waals surface area contributed by atoms with Gasteiger partial charge in [-0.25, -0.2) is 4.79 Å². The zero-order chi connectivity index (χ0) is 13.9. The summed E-state index contributed by atoms with van der Waals surface area (Å²) in [5, 5.41) is 3.22. The average molecular weight is 290 g/mol. The molecule has 0 radical (unpaired) electrons. The van der Waals surface area contributed by atoms with Crippen molar-refractivity contribution in [2.75, 3.05) is 11.9 Å². The Hall–Kier alpha value is -2.20. The average Bonchev–Trinajstić information content (AvgIpc) is 2.88. The molecule has 20 heavy (non-hydrogen) atoms. The first-order valence-electron chi connectivity index (χ1n) is 6.21. The number of hydrogen-bond acceptors (Lipinski definition) is 3. The molecule has 2 aromatic carbocycles. The van der Waals surface area contributed by atoms with E-state index in [9.17, 15) is 4.79 Å². The maximum absolute atomic E-state index is 11.9. The predicted molar refractivity (Wildman–Crippen MR) is 76.7 cm³/mol. The van der Waals surface area contributed by atoms with Crippen LogP contribution >= 0.6 is 11.6 Å². The molecule has 102 valence electrons. The number of para-hydroxylation sites is 1. The molecule has 0 unspecified atom stereocenters. The first kappa shape index (κ1) is 12.8. The quantitative estimate of drug-likeness (QED) is 0.912. The number of fused-ring (bicyclic) bond motifs is 1. The summed E-state index contributed by atoms with van der Waals surface area (Å²) in [5.74, 6) is 1.14. The number of ether oxygens (including phenoxy) is 2. The van der Waals surface area contributed by atoms with Crippen LogP contribution in [0, 0.1) is 0 Å². The van der Waals surface area contributed by atoms with Crippen LogP contribution < -0.4 is 14.8 Å². The van der Waals surface area contributed by atoms with E-state index >= 15 is 0 Å². The molecule has 1 N–H and O–H groups in total. The molecule has 0 saturated carbocycles. The number of halogens is 1. The van der Waals surface area contributed by atoms with Gasteiger partial charge in [-0.15, -0.1) is 0 Å². The van der Waals surface area contributed by atoms with Gasteiger partial charge in [-0.05, 0) is 24.3 Å². The van der Waals surface area contributed by atoms with Crippen molar-refractivity contribution in [3.8, 4) is 11.5 Å². The minimum Gasteiger partial charge on any atom is -0.491 e. The Morgan fingerprint density at radius 1 is 1.25 bits per heavy atom. The number of rotatable bonds is 2. The predicted octanol–water partition coefficient (Wildman–Crippen LogP) is 3.89. The molecule has 0 spiro atoms. The van der Waals surface area contributed by atoms with E-state index in [-0.39, 0.29) is 0 Å². The molecule has 0 atom stereocenters. The summed E-state index contributed by atoms with van der Waals surface area (Å²) in [6.45, 7) is 0.595. The van der Waals surface area contributed by atoms with Gasteiger partial charge in [0.25, 0.3) is 0 Å². The summed E-state index contributed by atoms with van der Waals surface area (Å²) < 4.78 is 10.7. The summed E-state index contributed by atoms with van der Waals surface area (Å²) >= 11 is 6.02. The van der Waals surface area contributed by atoms with E-state index in [1.54, 1.807) is 30.3 Å². The molecule has 0 bridgehead atoms. The molecule has 0 aliphatic carbocycles. The third-order valence-electron chi connectivity index (χ3n) is 2.94. The highest BCUT2D eigenvalue weighted by atomic mass is 35.5. The molecule has 1 aliphatic heterocycles. The Kier molecular flexibility index (Phi) is 3.48. The molecule has 0 saturated heterocycles. The summed E-state index contributed by atoms with van der Waals surface area (Å²) in [7, 11) is 0. The van der Waals surface area contributed by atoms with Crippen LogP contribution in [0.2, 0.25) is 5.02 Å². The second-order valence-corrected chi connectivity index (χ2v) is 4.80. The van der Waals surface area contributed by atoms with Crippen molar-refractivity contribution >= 4 is 23.4 Å². The fourth-order valence-electron chi connectivity index (χ4n) is 2.09. The van der Waals surface area contributed by atoms with Crippen LogP contribution in [0.4, 0.5) is 10.5 Å². The van der Waals surface area contributed by atoms with E-state index in [1.165, 1.54) is 0 Å². The lowest BCUT2D eigenvalue weighted by atomic mass is 10.1. The van der Waals surface area contributed by atoms with Crippen LogP contribution in [-0.4, -0.2) is 12.7 Å². The maximum atomic E-state index is 11.9. The second kappa shape index (κ2) is 5.43. The highest BCUT2D eigenvalue weighted by molar-refractivity contribution is 6.31. The molecule has 1 heterocycles. The topological polar surface area (TPSA) is 47.6 Å². The molecule has 2 aromatic rings. The van der Waals surface area contributed by atoms with Crippen molar-refractivity contribution in [2.45, 2.75) is 6.42 Å². The van der Waals surface area contributed by atoms with Gasteiger partial charge in [0, 0.05) is 17.0 Å². The SMILES string of the molecule is O=C(Nc1cc(Cl)cc2c1OCC2)Oc1ccccc1. The highest BCUT2D eigenvalue weighted by Crippen LogP contribution is 2.36. The molecular weight excluding hydrogens is 278 g/mol. The van der Waals surface area contributed by atoms with E-state index in [1.807, 2.05) is 12.1 Å². The molecule has 4 nitrogen and oxygen atoms in total. The Bertz CT molecular complexity index is 643. The van der Waals surface area contributed by atoms with E-state index in [4.69, 9.17) is 21.1 Å². The third-order valence-corrected chi connectivity index (χ3v) is 3.16. The maximum Gasteiger partial charge on any atom is 0.417 e. The van der Waals surface area contributed by atoms with Gasteiger partial charge >= 0.3 is 6.09 Å². The number of carbonyl (C=O) groups excluding carboxylic acids is 1. The lowest BCUT2D eigenvalue weighted by Crippen LogP contribution is -2.17. The van der Waals surface area contributed by atoms with Crippen molar-refractivity contribution < 1.29 is 14.3 Å². The van der Waals surface area contributed by atoms with E-state index in [2.05, 4.69) is 5.32 Å². The van der Waals surface area contributed by atoms with Crippen molar-refractivity contribution in [1.82, 2.24) is 0 Å². The Balaban J connectivity index is 1.77. The summed E-state index contributed by atoms with van der Waals surface area (Å²) in [6.07, 6.45) is 0.217. The fraction of sp³-hybridized carbons (Fsp3) is 0.133. The molecule has 5 heteroatoms. The van der Waals surface area contributed by atoms with Gasteiger partial charge in [-0.1, -0.05) is 29.8 Å². The summed E-state index contributed by atoms with van der Waals surface area (Å²) in [5.41, 5.74) is 1.53. The van der Waals surface area contributed by atoms with E-state index in [0.29, 0.717) is 28.8 Å². The second-order valence-electron chi connectivity index (χ2n) is 4.37. The van der Waals surface area contributed by atoms with Crippen LogP contribution in [0.15, 0.2) is 42.5 Å². The van der Waals surface area contributed by atoms with Crippen LogP contribution in [0.3, 0.4) is 0 Å². The van der Waals surface area contributed by atoms with Gasteiger partial charge in [0.05, 0.1) is 12.3 Å². The normalized spacial score (nSPS) is 12.4. The monoisotopic (exact) mass is 289 g/mol. The molecule has 0 fully saturated rings. The lowest BCUT2D eigenvalue weighted by molar-refractivity contribution is 0.215. The first-order valence-corrected chi connectivity index (χ1v) is 6.59. The number of nitrogens with one attached hydrogen (secondary N) is 1. The van der Waals surface area contributed by atoms with Crippen molar-refractivity contribution in [3.05, 3.63) is 53.1 Å². The Morgan fingerprint density at radius 3 is 2.85 bits per heavy atom. The van der Waals surface area contributed by atoms with Crippen molar-refractivity contribution in [3.63, 3.8) is 0 Å². The van der Waals surface area contributed by atoms with E-state index in [0.717, 1.165) is 12.0 Å². The molecule has 1 aliphatic rings. The Labute approximate surface area is 121 Å². The van der Waals surface area contributed by atoms with Crippen molar-refractivity contribution in [1.29, 1.82) is 0 Å². The number of anilines is 1. The van der Waals surface area contributed by atoms with Crippen LogP contribution in [0.1, 0.15) is 5.56 Å². The summed E-state index contributed by atoms with van der Waals surface area (Å²) in [4.78, 5) is 11.9. The minimum absolute atomic E-state index is 0.476. The number of amides is 1. The number of benzene rings is 2. The van der Waals surface area contributed by atoms with Gasteiger partial charge in [-0.2, -0.15) is 0 Å². The van der Waals surface area contributed by atoms with Crippen molar-refractivity contribution in [2.24, 2.45) is 0 Å². The molecule has 3 rings (SSSR count). The van der Waals surface area contributed by atoms with Gasteiger partial charge in [0.2, 0.25) is 0 Å². The zero-order valence-corrected chi connectivity index (χ0v) is 11.3. The zero-order valence-electron chi connectivity index (χ0n) is 10.6. The molecular formula is C15H12ClNO3. The summed E-state index contributed by atoms with van der Waals surface area (Å²) in [6, 6.07) is 12.3. The van der Waals surface area contributed by atoms with Crippen LogP contribution in [0.25, 0.3) is 0 Å². The van der Waals surface area contributed by atoms with Gasteiger partial charge in [0.15, 0.2) is 0 Å². The standard InChI is InChI=1S/C15H12ClNO3/c16-11-8-10-6-7-19-14(10)13(9-11)17-15(18)20-12-4-2-1-3-5-12/h1-5,8-9H,6-7H2,(H,17,18).